The number of halogens is 1. The van der Waals surface area contributed by atoms with Crippen molar-refractivity contribution in [3.8, 4) is 0 Å². The lowest BCUT2D eigenvalue weighted by atomic mass is 9.99. The predicted molar refractivity (Wildman–Crippen MR) is 74.2 cm³/mol. The van der Waals surface area contributed by atoms with Gasteiger partial charge < -0.3 is 9.52 Å². The number of hydrogen-bond acceptors (Lipinski definition) is 2. The summed E-state index contributed by atoms with van der Waals surface area (Å²) in [4.78, 5) is 11.3. The fraction of sp³-hybridized carbons (Fsp3) is 0.357. The molecule has 18 heavy (non-hydrogen) atoms. The average molecular weight is 311 g/mol. The van der Waals surface area contributed by atoms with E-state index in [2.05, 4.69) is 29.8 Å². The lowest BCUT2D eigenvalue weighted by Crippen LogP contribution is -2.02. The summed E-state index contributed by atoms with van der Waals surface area (Å²) in [7, 11) is 0. The Morgan fingerprint density at radius 2 is 2.11 bits per heavy atom. The third-order valence-corrected chi connectivity index (χ3v) is 3.39. The SMILES string of the molecule is Cc1cc(Br)c2oc(C(=O)O)c(CC(C)C)c2c1. The van der Waals surface area contributed by atoms with Gasteiger partial charge in [0, 0.05) is 10.9 Å². The molecule has 0 aliphatic rings. The van der Waals surface area contributed by atoms with Crippen LogP contribution in [0.15, 0.2) is 21.0 Å². The second-order valence-electron chi connectivity index (χ2n) is 4.94. The molecule has 0 fully saturated rings. The molecule has 2 aromatic rings. The van der Waals surface area contributed by atoms with Crippen LogP contribution in [-0.2, 0) is 6.42 Å². The van der Waals surface area contributed by atoms with Crippen molar-refractivity contribution in [3.63, 3.8) is 0 Å². The van der Waals surface area contributed by atoms with Crippen molar-refractivity contribution in [1.29, 1.82) is 0 Å². The van der Waals surface area contributed by atoms with E-state index in [-0.39, 0.29) is 5.76 Å². The summed E-state index contributed by atoms with van der Waals surface area (Å²) in [6.07, 6.45) is 0.699. The lowest BCUT2D eigenvalue weighted by molar-refractivity contribution is 0.0663. The van der Waals surface area contributed by atoms with Gasteiger partial charge in [0.1, 0.15) is 5.58 Å². The van der Waals surface area contributed by atoms with E-state index >= 15 is 0 Å². The highest BCUT2D eigenvalue weighted by atomic mass is 79.9. The van der Waals surface area contributed by atoms with Crippen LogP contribution in [0.3, 0.4) is 0 Å². The van der Waals surface area contributed by atoms with E-state index in [1.807, 2.05) is 19.1 Å². The van der Waals surface area contributed by atoms with Gasteiger partial charge in [-0.3, -0.25) is 0 Å². The molecule has 0 atom stereocenters. The summed E-state index contributed by atoms with van der Waals surface area (Å²) in [6.45, 7) is 6.11. The molecule has 1 N–H and O–H groups in total. The topological polar surface area (TPSA) is 50.4 Å². The van der Waals surface area contributed by atoms with Crippen LogP contribution in [0.1, 0.15) is 35.5 Å². The Kier molecular flexibility index (Phi) is 3.48. The molecule has 0 spiro atoms. The number of aryl methyl sites for hydroxylation is 1. The summed E-state index contributed by atoms with van der Waals surface area (Å²) < 4.78 is 6.30. The minimum Gasteiger partial charge on any atom is -0.475 e. The van der Waals surface area contributed by atoms with Crippen LogP contribution in [0.4, 0.5) is 0 Å². The van der Waals surface area contributed by atoms with Crippen LogP contribution in [0.25, 0.3) is 11.0 Å². The van der Waals surface area contributed by atoms with Crippen molar-refractivity contribution in [1.82, 2.24) is 0 Å². The van der Waals surface area contributed by atoms with Gasteiger partial charge in [0.2, 0.25) is 5.76 Å². The molecule has 1 aromatic carbocycles. The van der Waals surface area contributed by atoms with Crippen molar-refractivity contribution < 1.29 is 14.3 Å². The summed E-state index contributed by atoms with van der Waals surface area (Å²) in [5.74, 6) is -0.570. The normalized spacial score (nSPS) is 11.4. The Hall–Kier alpha value is -1.29. The number of carbonyl (C=O) groups is 1. The molecule has 4 heteroatoms. The van der Waals surface area contributed by atoms with Gasteiger partial charge in [-0.05, 0) is 52.9 Å². The maximum atomic E-state index is 11.3. The molecule has 0 saturated carbocycles. The number of furan rings is 1. The van der Waals surface area contributed by atoms with Gasteiger partial charge in [-0.2, -0.15) is 0 Å². The third-order valence-electron chi connectivity index (χ3n) is 2.80. The summed E-state index contributed by atoms with van der Waals surface area (Å²) in [5.41, 5.74) is 2.49. The zero-order valence-corrected chi connectivity index (χ0v) is 12.2. The Morgan fingerprint density at radius 3 is 2.67 bits per heavy atom. The summed E-state index contributed by atoms with van der Waals surface area (Å²) in [6, 6.07) is 3.91. The van der Waals surface area contributed by atoms with Crippen LogP contribution < -0.4 is 0 Å². The quantitative estimate of drug-likeness (QED) is 0.914. The van der Waals surface area contributed by atoms with Gasteiger partial charge in [-0.25, -0.2) is 4.79 Å². The number of fused-ring (bicyclic) bond motifs is 1. The Labute approximate surface area is 114 Å². The first kappa shape index (κ1) is 13.1. The summed E-state index contributed by atoms with van der Waals surface area (Å²) in [5, 5.41) is 10.1. The number of carboxylic acid groups (broad SMARTS) is 1. The van der Waals surface area contributed by atoms with E-state index in [0.29, 0.717) is 17.9 Å². The lowest BCUT2D eigenvalue weighted by Gasteiger charge is -2.04. The first-order chi connectivity index (χ1) is 8.40. The molecule has 0 aliphatic carbocycles. The standard InChI is InChI=1S/C14H15BrO3/c1-7(2)4-9-10-5-8(3)6-11(15)12(10)18-13(9)14(16)17/h5-7H,4H2,1-3H3,(H,16,17). The number of rotatable bonds is 3. The molecule has 0 aliphatic heterocycles. The molecule has 0 radical (unpaired) electrons. The van der Waals surface area contributed by atoms with E-state index in [1.165, 1.54) is 0 Å². The molecule has 1 heterocycles. The van der Waals surface area contributed by atoms with Crippen molar-refractivity contribution >= 4 is 32.9 Å². The average Bonchev–Trinajstić information content (AvgIpc) is 2.57. The number of aromatic carboxylic acids is 1. The van der Waals surface area contributed by atoms with Gasteiger partial charge in [-0.15, -0.1) is 0 Å². The molecule has 0 saturated heterocycles. The van der Waals surface area contributed by atoms with Gasteiger partial charge in [0.25, 0.3) is 0 Å². The molecule has 1 aromatic heterocycles. The minimum atomic E-state index is -1.01. The molecule has 0 unspecified atom stereocenters. The fourth-order valence-electron chi connectivity index (χ4n) is 2.13. The van der Waals surface area contributed by atoms with Crippen molar-refractivity contribution in [3.05, 3.63) is 33.5 Å². The first-order valence-corrected chi connectivity index (χ1v) is 6.64. The van der Waals surface area contributed by atoms with Crippen LogP contribution in [0, 0.1) is 12.8 Å². The van der Waals surface area contributed by atoms with Gasteiger partial charge in [0.05, 0.1) is 4.47 Å². The van der Waals surface area contributed by atoms with Crippen LogP contribution in [0.5, 0.6) is 0 Å². The first-order valence-electron chi connectivity index (χ1n) is 5.85. The maximum absolute atomic E-state index is 11.3. The van der Waals surface area contributed by atoms with Crippen LogP contribution in [0.2, 0.25) is 0 Å². The maximum Gasteiger partial charge on any atom is 0.372 e. The number of hydrogen-bond donors (Lipinski definition) is 1. The largest absolute Gasteiger partial charge is 0.475 e. The zero-order valence-electron chi connectivity index (χ0n) is 10.6. The van der Waals surface area contributed by atoms with Crippen LogP contribution in [-0.4, -0.2) is 11.1 Å². The zero-order chi connectivity index (χ0) is 13.4. The van der Waals surface area contributed by atoms with E-state index in [4.69, 9.17) is 4.42 Å². The van der Waals surface area contributed by atoms with Crippen molar-refractivity contribution in [2.45, 2.75) is 27.2 Å². The Bertz CT molecular complexity index is 611. The third kappa shape index (κ3) is 2.29. The molecular formula is C14H15BrO3. The van der Waals surface area contributed by atoms with Gasteiger partial charge in [-0.1, -0.05) is 13.8 Å². The van der Waals surface area contributed by atoms with E-state index in [0.717, 1.165) is 21.0 Å². The Morgan fingerprint density at radius 1 is 1.44 bits per heavy atom. The van der Waals surface area contributed by atoms with Gasteiger partial charge >= 0.3 is 5.97 Å². The minimum absolute atomic E-state index is 0.0602. The predicted octanol–water partition coefficient (Wildman–Crippen LogP) is 4.40. The highest BCUT2D eigenvalue weighted by Gasteiger charge is 2.22. The second-order valence-corrected chi connectivity index (χ2v) is 5.79. The number of carboxylic acids is 1. The molecule has 2 rings (SSSR count). The molecule has 0 amide bonds. The van der Waals surface area contributed by atoms with Gasteiger partial charge in [0.15, 0.2) is 0 Å². The molecular weight excluding hydrogens is 296 g/mol. The highest BCUT2D eigenvalue weighted by Crippen LogP contribution is 2.34. The highest BCUT2D eigenvalue weighted by molar-refractivity contribution is 9.10. The van der Waals surface area contributed by atoms with E-state index < -0.39 is 5.97 Å². The monoisotopic (exact) mass is 310 g/mol. The number of benzene rings is 1. The summed E-state index contributed by atoms with van der Waals surface area (Å²) >= 11 is 3.42. The van der Waals surface area contributed by atoms with Crippen LogP contribution >= 0.6 is 15.9 Å². The second kappa shape index (κ2) is 4.76. The molecule has 0 bridgehead atoms. The van der Waals surface area contributed by atoms with Crippen molar-refractivity contribution in [2.75, 3.05) is 0 Å². The molecule has 3 nitrogen and oxygen atoms in total. The van der Waals surface area contributed by atoms with E-state index in [9.17, 15) is 9.90 Å². The molecule has 96 valence electrons. The van der Waals surface area contributed by atoms with E-state index in [1.54, 1.807) is 0 Å². The Balaban J connectivity index is 2.76. The smallest absolute Gasteiger partial charge is 0.372 e. The van der Waals surface area contributed by atoms with Crippen molar-refractivity contribution in [2.24, 2.45) is 5.92 Å². The fourth-order valence-corrected chi connectivity index (χ4v) is 2.78.